The first-order valence-corrected chi connectivity index (χ1v) is 7.11. The minimum absolute atomic E-state index is 0.0243. The smallest absolute Gasteiger partial charge is 0.158 e. The summed E-state index contributed by atoms with van der Waals surface area (Å²) in [6, 6.07) is 2.18. The van der Waals surface area contributed by atoms with Crippen LogP contribution in [0, 0.1) is 0 Å². The molecule has 0 bridgehead atoms. The summed E-state index contributed by atoms with van der Waals surface area (Å²) in [5, 5.41) is 12.5. The Bertz CT molecular complexity index is 461. The summed E-state index contributed by atoms with van der Waals surface area (Å²) in [6.45, 7) is 4.22. The van der Waals surface area contributed by atoms with E-state index in [1.54, 1.807) is 22.7 Å². The highest BCUT2D eigenvalue weighted by atomic mass is 32.1. The molecule has 86 valence electrons. The first-order chi connectivity index (χ1) is 7.76. The van der Waals surface area contributed by atoms with Crippen LogP contribution in [-0.4, -0.2) is 10.2 Å². The van der Waals surface area contributed by atoms with E-state index in [0.717, 1.165) is 22.9 Å². The zero-order valence-corrected chi connectivity index (χ0v) is 11.1. The number of hydrogen-bond donors (Lipinski definition) is 1. The SMILES string of the molecule is CCc1ccsc1-c1nnc(C(N)CC)s1. The molecule has 0 aliphatic rings. The highest BCUT2D eigenvalue weighted by Crippen LogP contribution is 2.33. The van der Waals surface area contributed by atoms with Crippen molar-refractivity contribution in [3.63, 3.8) is 0 Å². The van der Waals surface area contributed by atoms with Crippen LogP contribution in [0.4, 0.5) is 0 Å². The number of rotatable bonds is 4. The topological polar surface area (TPSA) is 51.8 Å². The van der Waals surface area contributed by atoms with Gasteiger partial charge in [0.15, 0.2) is 5.01 Å². The minimum atomic E-state index is 0.0243. The van der Waals surface area contributed by atoms with Gasteiger partial charge in [0.25, 0.3) is 0 Å². The van der Waals surface area contributed by atoms with Crippen LogP contribution in [0.2, 0.25) is 0 Å². The van der Waals surface area contributed by atoms with Crippen molar-refractivity contribution in [1.82, 2.24) is 10.2 Å². The summed E-state index contributed by atoms with van der Waals surface area (Å²) in [7, 11) is 0. The Kier molecular flexibility index (Phi) is 3.68. The van der Waals surface area contributed by atoms with Crippen LogP contribution in [0.1, 0.15) is 36.9 Å². The Hall–Kier alpha value is -0.780. The average Bonchev–Trinajstić information content (AvgIpc) is 2.95. The van der Waals surface area contributed by atoms with E-state index in [9.17, 15) is 0 Å². The summed E-state index contributed by atoms with van der Waals surface area (Å²) in [6.07, 6.45) is 1.94. The molecule has 0 aromatic carbocycles. The maximum Gasteiger partial charge on any atom is 0.158 e. The van der Waals surface area contributed by atoms with E-state index in [0.29, 0.717) is 0 Å². The zero-order valence-electron chi connectivity index (χ0n) is 9.43. The van der Waals surface area contributed by atoms with E-state index in [2.05, 4.69) is 35.5 Å². The van der Waals surface area contributed by atoms with Gasteiger partial charge in [0.1, 0.15) is 5.01 Å². The van der Waals surface area contributed by atoms with Crippen LogP contribution in [0.5, 0.6) is 0 Å². The van der Waals surface area contributed by atoms with Gasteiger partial charge in [0.2, 0.25) is 0 Å². The molecule has 2 aromatic heterocycles. The number of nitrogens with two attached hydrogens (primary N) is 1. The predicted molar refractivity (Wildman–Crippen MR) is 69.8 cm³/mol. The summed E-state index contributed by atoms with van der Waals surface area (Å²) in [5.41, 5.74) is 7.29. The molecule has 0 aliphatic heterocycles. The van der Waals surface area contributed by atoms with Gasteiger partial charge in [-0.15, -0.1) is 21.5 Å². The fraction of sp³-hybridized carbons (Fsp3) is 0.455. The van der Waals surface area contributed by atoms with E-state index >= 15 is 0 Å². The van der Waals surface area contributed by atoms with Crippen LogP contribution in [0.3, 0.4) is 0 Å². The molecule has 0 radical (unpaired) electrons. The van der Waals surface area contributed by atoms with Gasteiger partial charge in [0.05, 0.1) is 10.9 Å². The summed E-state index contributed by atoms with van der Waals surface area (Å²) in [4.78, 5) is 1.24. The molecule has 16 heavy (non-hydrogen) atoms. The average molecular weight is 253 g/mol. The van der Waals surface area contributed by atoms with Gasteiger partial charge < -0.3 is 5.73 Å². The largest absolute Gasteiger partial charge is 0.322 e. The van der Waals surface area contributed by atoms with E-state index in [1.165, 1.54) is 10.4 Å². The number of thiophene rings is 1. The summed E-state index contributed by atoms with van der Waals surface area (Å²) < 4.78 is 0. The third-order valence-corrected chi connectivity index (χ3v) is 4.68. The van der Waals surface area contributed by atoms with Gasteiger partial charge >= 0.3 is 0 Å². The van der Waals surface area contributed by atoms with Gasteiger partial charge in [-0.25, -0.2) is 0 Å². The molecule has 3 nitrogen and oxygen atoms in total. The molecule has 0 fully saturated rings. The Morgan fingerprint density at radius 2 is 2.19 bits per heavy atom. The molecule has 0 saturated heterocycles. The number of hydrogen-bond acceptors (Lipinski definition) is 5. The monoisotopic (exact) mass is 253 g/mol. The number of nitrogens with zero attached hydrogens (tertiary/aromatic N) is 2. The normalized spacial score (nSPS) is 12.9. The second kappa shape index (κ2) is 5.03. The van der Waals surface area contributed by atoms with Gasteiger partial charge in [0, 0.05) is 0 Å². The van der Waals surface area contributed by atoms with Crippen LogP contribution in [0.15, 0.2) is 11.4 Å². The third kappa shape index (κ3) is 2.16. The van der Waals surface area contributed by atoms with Gasteiger partial charge in [-0.3, -0.25) is 0 Å². The van der Waals surface area contributed by atoms with Crippen molar-refractivity contribution in [3.8, 4) is 9.88 Å². The summed E-state index contributed by atoms with van der Waals surface area (Å²) in [5.74, 6) is 0. The van der Waals surface area contributed by atoms with Crippen molar-refractivity contribution >= 4 is 22.7 Å². The Morgan fingerprint density at radius 1 is 1.38 bits per heavy atom. The lowest BCUT2D eigenvalue weighted by Crippen LogP contribution is -2.07. The molecule has 0 spiro atoms. The fourth-order valence-corrected chi connectivity index (χ4v) is 3.50. The van der Waals surface area contributed by atoms with Crippen LogP contribution in [0.25, 0.3) is 9.88 Å². The molecule has 0 aliphatic carbocycles. The van der Waals surface area contributed by atoms with E-state index < -0.39 is 0 Å². The second-order valence-corrected chi connectivity index (χ2v) is 5.51. The molecular weight excluding hydrogens is 238 g/mol. The third-order valence-electron chi connectivity index (χ3n) is 2.52. The highest BCUT2D eigenvalue weighted by molar-refractivity contribution is 7.20. The second-order valence-electron chi connectivity index (χ2n) is 3.59. The maximum absolute atomic E-state index is 5.94. The van der Waals surface area contributed by atoms with E-state index in [1.807, 2.05) is 0 Å². The molecule has 2 aromatic rings. The molecule has 2 heterocycles. The van der Waals surface area contributed by atoms with Crippen molar-refractivity contribution in [3.05, 3.63) is 22.0 Å². The van der Waals surface area contributed by atoms with E-state index in [4.69, 9.17) is 5.73 Å². The Labute approximate surface area is 103 Å². The van der Waals surface area contributed by atoms with Gasteiger partial charge in [-0.05, 0) is 29.9 Å². The Morgan fingerprint density at radius 3 is 2.88 bits per heavy atom. The van der Waals surface area contributed by atoms with Gasteiger partial charge in [-0.2, -0.15) is 0 Å². The van der Waals surface area contributed by atoms with Crippen molar-refractivity contribution < 1.29 is 0 Å². The van der Waals surface area contributed by atoms with Crippen molar-refractivity contribution in [2.45, 2.75) is 32.7 Å². The van der Waals surface area contributed by atoms with Crippen molar-refractivity contribution in [2.24, 2.45) is 5.73 Å². The standard InChI is InChI=1S/C11H15N3S2/c1-3-7-5-6-15-9(7)11-14-13-10(16-11)8(12)4-2/h5-6,8H,3-4,12H2,1-2H3. The van der Waals surface area contributed by atoms with Crippen LogP contribution >= 0.6 is 22.7 Å². The number of aryl methyl sites for hydroxylation is 1. The Balaban J connectivity index is 2.31. The first-order valence-electron chi connectivity index (χ1n) is 5.42. The lowest BCUT2D eigenvalue weighted by Gasteiger charge is -2.00. The van der Waals surface area contributed by atoms with Crippen molar-refractivity contribution in [2.75, 3.05) is 0 Å². The molecule has 1 atom stereocenters. The lowest BCUT2D eigenvalue weighted by atomic mass is 10.2. The minimum Gasteiger partial charge on any atom is -0.322 e. The van der Waals surface area contributed by atoms with E-state index in [-0.39, 0.29) is 6.04 Å². The molecular formula is C11H15N3S2. The zero-order chi connectivity index (χ0) is 11.5. The molecule has 5 heteroatoms. The molecule has 0 amide bonds. The summed E-state index contributed by atoms with van der Waals surface area (Å²) >= 11 is 3.34. The molecule has 0 saturated carbocycles. The number of aromatic nitrogens is 2. The van der Waals surface area contributed by atoms with Crippen LogP contribution < -0.4 is 5.73 Å². The van der Waals surface area contributed by atoms with Crippen molar-refractivity contribution in [1.29, 1.82) is 0 Å². The molecule has 1 unspecified atom stereocenters. The highest BCUT2D eigenvalue weighted by Gasteiger charge is 2.14. The maximum atomic E-state index is 5.94. The van der Waals surface area contributed by atoms with Gasteiger partial charge in [-0.1, -0.05) is 25.2 Å². The predicted octanol–water partition coefficient (Wildman–Crippen LogP) is 3.24. The van der Waals surface area contributed by atoms with Crippen LogP contribution in [-0.2, 0) is 6.42 Å². The molecule has 2 N–H and O–H groups in total. The quantitative estimate of drug-likeness (QED) is 0.910. The lowest BCUT2D eigenvalue weighted by molar-refractivity contribution is 0.683. The first kappa shape index (κ1) is 11.7. The fourth-order valence-electron chi connectivity index (χ4n) is 1.45. The molecule has 2 rings (SSSR count).